The van der Waals surface area contributed by atoms with Crippen molar-refractivity contribution in [1.29, 1.82) is 0 Å². The summed E-state index contributed by atoms with van der Waals surface area (Å²) in [6, 6.07) is 2.40. The Morgan fingerprint density at radius 3 is 2.70 bits per heavy atom. The molecule has 1 N–H and O–H groups in total. The molecule has 3 aromatic rings. The standard InChI is InChI=1S/C12H9F3N6O2/c1-6-4-7(20-22-6)10-19-9(23-21-10)5-17-11-16-3-2-8(18-11)12(13,14)15/h2-4H,5H2,1H3,(H,16,17,18). The van der Waals surface area contributed by atoms with Crippen molar-refractivity contribution in [1.82, 2.24) is 25.3 Å². The summed E-state index contributed by atoms with van der Waals surface area (Å²) in [5.74, 6) is 0.740. The van der Waals surface area contributed by atoms with Gasteiger partial charge in [0, 0.05) is 12.3 Å². The third-order valence-corrected chi connectivity index (χ3v) is 2.67. The molecule has 0 amide bonds. The molecule has 0 bridgehead atoms. The van der Waals surface area contributed by atoms with Crippen molar-refractivity contribution in [3.63, 3.8) is 0 Å². The van der Waals surface area contributed by atoms with Crippen LogP contribution in [-0.4, -0.2) is 25.3 Å². The molecule has 0 saturated heterocycles. The lowest BCUT2D eigenvalue weighted by Gasteiger charge is -2.07. The van der Waals surface area contributed by atoms with Crippen LogP contribution in [0.4, 0.5) is 19.1 Å². The molecule has 8 nitrogen and oxygen atoms in total. The van der Waals surface area contributed by atoms with Crippen molar-refractivity contribution in [3.05, 3.63) is 35.7 Å². The number of halogens is 3. The van der Waals surface area contributed by atoms with E-state index in [-0.39, 0.29) is 24.2 Å². The van der Waals surface area contributed by atoms with Crippen LogP contribution >= 0.6 is 0 Å². The predicted octanol–water partition coefficient (Wildman–Crippen LogP) is 2.45. The van der Waals surface area contributed by atoms with Crippen molar-refractivity contribution in [2.45, 2.75) is 19.6 Å². The minimum atomic E-state index is -4.54. The quantitative estimate of drug-likeness (QED) is 0.780. The van der Waals surface area contributed by atoms with Crippen LogP contribution in [0.1, 0.15) is 17.3 Å². The lowest BCUT2D eigenvalue weighted by atomic mass is 10.4. The Balaban J connectivity index is 1.68. The number of aryl methyl sites for hydroxylation is 1. The highest BCUT2D eigenvalue weighted by atomic mass is 19.4. The number of hydrogen-bond donors (Lipinski definition) is 1. The normalized spacial score (nSPS) is 11.7. The van der Waals surface area contributed by atoms with Crippen molar-refractivity contribution in [2.75, 3.05) is 5.32 Å². The van der Waals surface area contributed by atoms with Gasteiger partial charge in [-0.2, -0.15) is 18.2 Å². The van der Waals surface area contributed by atoms with Gasteiger partial charge in [0.05, 0.1) is 6.54 Å². The zero-order chi connectivity index (χ0) is 16.4. The summed E-state index contributed by atoms with van der Waals surface area (Å²) in [4.78, 5) is 11.1. The highest BCUT2D eigenvalue weighted by Gasteiger charge is 2.32. The van der Waals surface area contributed by atoms with Gasteiger partial charge in [-0.15, -0.1) is 0 Å². The van der Waals surface area contributed by atoms with Crippen LogP contribution < -0.4 is 5.32 Å². The fourth-order valence-electron chi connectivity index (χ4n) is 1.66. The molecule has 0 spiro atoms. The van der Waals surface area contributed by atoms with Crippen LogP contribution in [-0.2, 0) is 12.7 Å². The lowest BCUT2D eigenvalue weighted by Crippen LogP contribution is -2.11. The molecular formula is C12H9F3N6O2. The summed E-state index contributed by atoms with van der Waals surface area (Å²) >= 11 is 0. The summed E-state index contributed by atoms with van der Waals surface area (Å²) < 4.78 is 47.5. The average Bonchev–Trinajstić information content (AvgIpc) is 3.13. The SMILES string of the molecule is Cc1cc(-c2noc(CNc3nccc(C(F)(F)F)n3)n2)no1. The maximum absolute atomic E-state index is 12.5. The van der Waals surface area contributed by atoms with Gasteiger partial charge in [0.15, 0.2) is 5.69 Å². The zero-order valence-corrected chi connectivity index (χ0v) is 11.6. The van der Waals surface area contributed by atoms with Gasteiger partial charge in [0.2, 0.25) is 17.7 Å². The smallest absolute Gasteiger partial charge is 0.361 e. The van der Waals surface area contributed by atoms with Gasteiger partial charge in [-0.1, -0.05) is 10.3 Å². The Kier molecular flexibility index (Phi) is 3.68. The van der Waals surface area contributed by atoms with Gasteiger partial charge in [0.25, 0.3) is 0 Å². The largest absolute Gasteiger partial charge is 0.433 e. The van der Waals surface area contributed by atoms with E-state index < -0.39 is 11.9 Å². The number of alkyl halides is 3. The monoisotopic (exact) mass is 326 g/mol. The molecule has 0 aliphatic heterocycles. The summed E-state index contributed by atoms with van der Waals surface area (Å²) in [5.41, 5.74) is -0.646. The molecule has 0 saturated carbocycles. The van der Waals surface area contributed by atoms with Crippen molar-refractivity contribution >= 4 is 5.95 Å². The molecule has 0 aromatic carbocycles. The number of nitrogens with zero attached hydrogens (tertiary/aromatic N) is 5. The van der Waals surface area contributed by atoms with Crippen molar-refractivity contribution in [2.24, 2.45) is 0 Å². The van der Waals surface area contributed by atoms with Crippen LogP contribution in [0.5, 0.6) is 0 Å². The van der Waals surface area contributed by atoms with Gasteiger partial charge < -0.3 is 14.4 Å². The summed E-state index contributed by atoms with van der Waals surface area (Å²) in [6.07, 6.45) is -3.53. The molecule has 0 unspecified atom stereocenters. The molecule has 120 valence electrons. The number of rotatable bonds is 4. The van der Waals surface area contributed by atoms with E-state index in [9.17, 15) is 13.2 Å². The van der Waals surface area contributed by atoms with E-state index in [1.807, 2.05) is 0 Å². The molecule has 3 rings (SSSR count). The van der Waals surface area contributed by atoms with Crippen molar-refractivity contribution < 1.29 is 22.2 Å². The average molecular weight is 326 g/mol. The first-order chi connectivity index (χ1) is 10.9. The summed E-state index contributed by atoms with van der Waals surface area (Å²) in [5, 5.41) is 10.0. The second-order valence-electron chi connectivity index (χ2n) is 4.45. The molecule has 3 heterocycles. The Morgan fingerprint density at radius 2 is 2.00 bits per heavy atom. The molecule has 23 heavy (non-hydrogen) atoms. The number of nitrogens with one attached hydrogen (secondary N) is 1. The first-order valence-corrected chi connectivity index (χ1v) is 6.32. The number of hydrogen-bond acceptors (Lipinski definition) is 8. The van der Waals surface area contributed by atoms with Crippen LogP contribution in [0.2, 0.25) is 0 Å². The molecular weight excluding hydrogens is 317 g/mol. The van der Waals surface area contributed by atoms with Gasteiger partial charge in [-0.05, 0) is 13.0 Å². The first kappa shape index (κ1) is 14.9. The summed E-state index contributed by atoms with van der Waals surface area (Å²) in [7, 11) is 0. The Morgan fingerprint density at radius 1 is 1.17 bits per heavy atom. The fraction of sp³-hybridized carbons (Fsp3) is 0.250. The predicted molar refractivity (Wildman–Crippen MR) is 68.9 cm³/mol. The Labute approximate surface area is 126 Å². The minimum absolute atomic E-state index is 0.0366. The third-order valence-electron chi connectivity index (χ3n) is 2.67. The molecule has 0 aliphatic rings. The van der Waals surface area contributed by atoms with Crippen LogP contribution in [0.3, 0.4) is 0 Å². The van der Waals surface area contributed by atoms with Crippen LogP contribution in [0.15, 0.2) is 27.4 Å². The molecule has 0 atom stereocenters. The molecule has 0 fully saturated rings. The molecule has 3 aromatic heterocycles. The Bertz CT molecular complexity index is 813. The summed E-state index contributed by atoms with van der Waals surface area (Å²) in [6.45, 7) is 1.68. The topological polar surface area (TPSA) is 103 Å². The number of anilines is 1. The van der Waals surface area contributed by atoms with Gasteiger partial charge in [0.1, 0.15) is 11.5 Å². The molecule has 0 radical (unpaired) electrons. The minimum Gasteiger partial charge on any atom is -0.361 e. The van der Waals surface area contributed by atoms with E-state index >= 15 is 0 Å². The van der Waals surface area contributed by atoms with E-state index in [4.69, 9.17) is 9.05 Å². The zero-order valence-electron chi connectivity index (χ0n) is 11.6. The maximum Gasteiger partial charge on any atom is 0.433 e. The van der Waals surface area contributed by atoms with Gasteiger partial charge in [-0.25, -0.2) is 9.97 Å². The van der Waals surface area contributed by atoms with Gasteiger partial charge in [-0.3, -0.25) is 0 Å². The second-order valence-corrected chi connectivity index (χ2v) is 4.45. The van der Waals surface area contributed by atoms with E-state index in [0.29, 0.717) is 11.5 Å². The van der Waals surface area contributed by atoms with Crippen LogP contribution in [0.25, 0.3) is 11.5 Å². The van der Waals surface area contributed by atoms with Crippen molar-refractivity contribution in [3.8, 4) is 11.5 Å². The Hall–Kier alpha value is -2.98. The third kappa shape index (κ3) is 3.44. The fourth-order valence-corrected chi connectivity index (χ4v) is 1.66. The van der Waals surface area contributed by atoms with E-state index in [0.717, 1.165) is 12.3 Å². The van der Waals surface area contributed by atoms with E-state index in [1.165, 1.54) is 0 Å². The van der Waals surface area contributed by atoms with E-state index in [2.05, 4.69) is 30.6 Å². The first-order valence-electron chi connectivity index (χ1n) is 6.32. The second kappa shape index (κ2) is 5.66. The maximum atomic E-state index is 12.5. The number of aromatic nitrogens is 5. The highest BCUT2D eigenvalue weighted by Crippen LogP contribution is 2.27. The molecule has 0 aliphatic carbocycles. The highest BCUT2D eigenvalue weighted by molar-refractivity contribution is 5.47. The molecule has 11 heteroatoms. The van der Waals surface area contributed by atoms with Crippen LogP contribution in [0, 0.1) is 6.92 Å². The van der Waals surface area contributed by atoms with E-state index in [1.54, 1.807) is 13.0 Å². The van der Waals surface area contributed by atoms with Gasteiger partial charge >= 0.3 is 6.18 Å². The lowest BCUT2D eigenvalue weighted by molar-refractivity contribution is -0.141.